The largest absolute Gasteiger partial charge is 0.338 e. The zero-order valence-electron chi connectivity index (χ0n) is 17.3. The van der Waals surface area contributed by atoms with Gasteiger partial charge < -0.3 is 10.6 Å². The third-order valence-corrected chi connectivity index (χ3v) is 6.31. The molecule has 2 N–H and O–H groups in total. The van der Waals surface area contributed by atoms with Gasteiger partial charge in [0.25, 0.3) is 0 Å². The SMILES string of the molecule is CN1CCN(C(=O)[C@H](N)Cc2ccc(Cl)cc2)C[C@H]1Cc1ccc2ccccc2c1. The average Bonchev–Trinajstić information content (AvgIpc) is 2.76. The minimum Gasteiger partial charge on any atom is -0.338 e. The lowest BCUT2D eigenvalue weighted by Crippen LogP contribution is -2.57. The third kappa shape index (κ3) is 4.84. The molecule has 1 heterocycles. The van der Waals surface area contributed by atoms with E-state index in [4.69, 9.17) is 17.3 Å². The molecular weight excluding hydrogens is 394 g/mol. The monoisotopic (exact) mass is 421 g/mol. The van der Waals surface area contributed by atoms with Crippen molar-refractivity contribution in [1.29, 1.82) is 0 Å². The molecule has 4 rings (SSSR count). The van der Waals surface area contributed by atoms with Gasteiger partial charge in [-0.3, -0.25) is 9.69 Å². The molecule has 0 spiro atoms. The van der Waals surface area contributed by atoms with Crippen molar-refractivity contribution in [1.82, 2.24) is 9.80 Å². The normalized spacial score (nSPS) is 18.5. The smallest absolute Gasteiger partial charge is 0.239 e. The van der Waals surface area contributed by atoms with Crippen LogP contribution in [0.1, 0.15) is 11.1 Å². The van der Waals surface area contributed by atoms with E-state index in [1.54, 1.807) is 0 Å². The van der Waals surface area contributed by atoms with Crippen LogP contribution in [0, 0.1) is 0 Å². The van der Waals surface area contributed by atoms with Crippen LogP contribution in [0.15, 0.2) is 66.7 Å². The maximum absolute atomic E-state index is 13.0. The number of hydrogen-bond acceptors (Lipinski definition) is 3. The Kier molecular flexibility index (Phi) is 6.38. The van der Waals surface area contributed by atoms with Gasteiger partial charge >= 0.3 is 0 Å². The van der Waals surface area contributed by atoms with Crippen LogP contribution >= 0.6 is 11.6 Å². The number of benzene rings is 3. The van der Waals surface area contributed by atoms with Crippen molar-refractivity contribution in [3.05, 3.63) is 82.9 Å². The second-order valence-electron chi connectivity index (χ2n) is 8.24. The molecule has 156 valence electrons. The molecule has 0 bridgehead atoms. The Hall–Kier alpha value is -2.40. The molecular formula is C25H28ClN3O. The van der Waals surface area contributed by atoms with E-state index < -0.39 is 6.04 Å². The van der Waals surface area contributed by atoms with Crippen LogP contribution in [-0.4, -0.2) is 54.5 Å². The summed E-state index contributed by atoms with van der Waals surface area (Å²) in [5.74, 6) is 0.0292. The molecule has 4 nitrogen and oxygen atoms in total. The van der Waals surface area contributed by atoms with E-state index in [9.17, 15) is 4.79 Å². The van der Waals surface area contributed by atoms with Crippen LogP contribution in [0.25, 0.3) is 10.8 Å². The van der Waals surface area contributed by atoms with Crippen molar-refractivity contribution >= 4 is 28.3 Å². The van der Waals surface area contributed by atoms with Crippen molar-refractivity contribution in [3.8, 4) is 0 Å². The fourth-order valence-corrected chi connectivity index (χ4v) is 4.33. The predicted octanol–water partition coefficient (Wildman–Crippen LogP) is 3.75. The number of carbonyl (C=O) groups is 1. The van der Waals surface area contributed by atoms with E-state index in [1.165, 1.54) is 16.3 Å². The van der Waals surface area contributed by atoms with Crippen molar-refractivity contribution in [2.75, 3.05) is 26.7 Å². The number of halogens is 1. The van der Waals surface area contributed by atoms with E-state index in [0.717, 1.165) is 25.1 Å². The molecule has 3 aromatic carbocycles. The molecule has 0 radical (unpaired) electrons. The first-order chi connectivity index (χ1) is 14.5. The Morgan fingerprint density at radius 3 is 2.50 bits per heavy atom. The number of nitrogens with two attached hydrogens (primary N) is 1. The summed E-state index contributed by atoms with van der Waals surface area (Å²) in [6.07, 6.45) is 1.44. The molecule has 1 amide bonds. The van der Waals surface area contributed by atoms with Gasteiger partial charge in [0.2, 0.25) is 5.91 Å². The van der Waals surface area contributed by atoms with Crippen LogP contribution < -0.4 is 5.73 Å². The lowest BCUT2D eigenvalue weighted by molar-refractivity contribution is -0.135. The summed E-state index contributed by atoms with van der Waals surface area (Å²) < 4.78 is 0. The molecule has 1 saturated heterocycles. The fraction of sp³-hybridized carbons (Fsp3) is 0.320. The maximum Gasteiger partial charge on any atom is 0.239 e. The molecule has 0 unspecified atom stereocenters. The maximum atomic E-state index is 13.0. The van der Waals surface area contributed by atoms with Crippen molar-refractivity contribution in [2.45, 2.75) is 24.9 Å². The van der Waals surface area contributed by atoms with Crippen molar-refractivity contribution < 1.29 is 4.79 Å². The molecule has 5 heteroatoms. The highest BCUT2D eigenvalue weighted by molar-refractivity contribution is 6.30. The van der Waals surface area contributed by atoms with Gasteiger partial charge in [-0.1, -0.05) is 66.2 Å². The fourth-order valence-electron chi connectivity index (χ4n) is 4.20. The van der Waals surface area contributed by atoms with Crippen molar-refractivity contribution in [2.24, 2.45) is 5.73 Å². The molecule has 2 atom stereocenters. The second-order valence-corrected chi connectivity index (χ2v) is 8.68. The number of fused-ring (bicyclic) bond motifs is 1. The van der Waals surface area contributed by atoms with E-state index >= 15 is 0 Å². The molecule has 3 aromatic rings. The number of piperazine rings is 1. The predicted molar refractivity (Wildman–Crippen MR) is 124 cm³/mol. The Morgan fingerprint density at radius 2 is 1.73 bits per heavy atom. The molecule has 0 aliphatic carbocycles. The van der Waals surface area contributed by atoms with Crippen LogP contribution in [-0.2, 0) is 17.6 Å². The van der Waals surface area contributed by atoms with Crippen LogP contribution in [0.3, 0.4) is 0 Å². The number of nitrogens with zero attached hydrogens (tertiary/aromatic N) is 2. The molecule has 1 aliphatic heterocycles. The highest BCUT2D eigenvalue weighted by Crippen LogP contribution is 2.20. The molecule has 30 heavy (non-hydrogen) atoms. The highest BCUT2D eigenvalue weighted by atomic mass is 35.5. The standard InChI is InChI=1S/C25H28ClN3O/c1-28-12-13-29(25(30)24(27)16-18-7-10-22(26)11-8-18)17-23(28)15-19-6-9-20-4-2-3-5-21(20)14-19/h2-11,14,23-24H,12-13,15-17,27H2,1H3/t23-,24-/m1/s1. The first kappa shape index (κ1) is 20.9. The van der Waals surface area contributed by atoms with Crippen LogP contribution in [0.4, 0.5) is 0 Å². The van der Waals surface area contributed by atoms with Gasteiger partial charge in [-0.2, -0.15) is 0 Å². The van der Waals surface area contributed by atoms with Gasteiger partial charge in [0, 0.05) is 30.7 Å². The number of amides is 1. The zero-order valence-corrected chi connectivity index (χ0v) is 18.1. The van der Waals surface area contributed by atoms with E-state index in [-0.39, 0.29) is 11.9 Å². The minimum atomic E-state index is -0.532. The first-order valence-corrected chi connectivity index (χ1v) is 10.8. The lowest BCUT2D eigenvalue weighted by atomic mass is 9.98. The van der Waals surface area contributed by atoms with Gasteiger partial charge in [-0.05, 0) is 53.9 Å². The van der Waals surface area contributed by atoms with E-state index in [1.807, 2.05) is 29.2 Å². The molecule has 1 fully saturated rings. The van der Waals surface area contributed by atoms with E-state index in [0.29, 0.717) is 18.0 Å². The highest BCUT2D eigenvalue weighted by Gasteiger charge is 2.30. The summed E-state index contributed by atoms with van der Waals surface area (Å²) in [7, 11) is 2.14. The number of likely N-dealkylation sites (N-methyl/N-ethyl adjacent to an activating group) is 1. The summed E-state index contributed by atoms with van der Waals surface area (Å²) in [6.45, 7) is 2.28. The summed E-state index contributed by atoms with van der Waals surface area (Å²) in [5.41, 5.74) is 8.60. The molecule has 1 aliphatic rings. The Balaban J connectivity index is 1.41. The summed E-state index contributed by atoms with van der Waals surface area (Å²) >= 11 is 5.95. The number of hydrogen-bond donors (Lipinski definition) is 1. The Labute approximate surface area is 183 Å². The van der Waals surface area contributed by atoms with E-state index in [2.05, 4.69) is 54.4 Å². The average molecular weight is 422 g/mol. The Bertz CT molecular complexity index is 1020. The first-order valence-electron chi connectivity index (χ1n) is 10.5. The summed E-state index contributed by atoms with van der Waals surface area (Å²) in [5, 5.41) is 3.20. The van der Waals surface area contributed by atoms with Gasteiger partial charge in [-0.25, -0.2) is 0 Å². The topological polar surface area (TPSA) is 49.6 Å². The minimum absolute atomic E-state index is 0.0292. The Morgan fingerprint density at radius 1 is 1.03 bits per heavy atom. The second kappa shape index (κ2) is 9.17. The zero-order chi connectivity index (χ0) is 21.1. The molecule has 0 saturated carbocycles. The number of carbonyl (C=O) groups excluding carboxylic acids is 1. The summed E-state index contributed by atoms with van der Waals surface area (Å²) in [6, 6.07) is 22.3. The van der Waals surface area contributed by atoms with Gasteiger partial charge in [0.05, 0.1) is 6.04 Å². The van der Waals surface area contributed by atoms with Crippen molar-refractivity contribution in [3.63, 3.8) is 0 Å². The lowest BCUT2D eigenvalue weighted by Gasteiger charge is -2.40. The quantitative estimate of drug-likeness (QED) is 0.682. The van der Waals surface area contributed by atoms with Gasteiger partial charge in [0.15, 0.2) is 0 Å². The molecule has 0 aromatic heterocycles. The van der Waals surface area contributed by atoms with Crippen LogP contribution in [0.5, 0.6) is 0 Å². The number of rotatable bonds is 5. The van der Waals surface area contributed by atoms with Crippen LogP contribution in [0.2, 0.25) is 5.02 Å². The summed E-state index contributed by atoms with van der Waals surface area (Å²) in [4.78, 5) is 17.3. The van der Waals surface area contributed by atoms with Gasteiger partial charge in [-0.15, -0.1) is 0 Å². The van der Waals surface area contributed by atoms with Gasteiger partial charge in [0.1, 0.15) is 0 Å². The third-order valence-electron chi connectivity index (χ3n) is 6.06.